The van der Waals surface area contributed by atoms with Crippen LogP contribution in [-0.4, -0.2) is 39.8 Å². The van der Waals surface area contributed by atoms with E-state index < -0.39 is 0 Å². The first-order valence-electron chi connectivity index (χ1n) is 9.84. The lowest BCUT2D eigenvalue weighted by Crippen LogP contribution is -2.25. The number of para-hydroxylation sites is 2. The molecule has 3 aromatic carbocycles. The van der Waals surface area contributed by atoms with Gasteiger partial charge in [0.2, 0.25) is 0 Å². The Kier molecular flexibility index (Phi) is 5.13. The summed E-state index contributed by atoms with van der Waals surface area (Å²) in [5.74, 6) is 0.945. The van der Waals surface area contributed by atoms with Crippen LogP contribution in [0, 0.1) is 0 Å². The number of ether oxygens (including phenoxy) is 1. The first kappa shape index (κ1) is 19.3. The highest BCUT2D eigenvalue weighted by molar-refractivity contribution is 7.99. The summed E-state index contributed by atoms with van der Waals surface area (Å²) in [6.07, 6.45) is 0.516. The minimum atomic E-state index is -0.266. The number of carbonyl (C=O) groups excluding carboxylic acids is 1. The number of carbonyl (C=O) groups is 1. The number of nitrogens with zero attached hydrogens (tertiary/aromatic N) is 5. The molecule has 0 amide bonds. The maximum absolute atomic E-state index is 12.9. The summed E-state index contributed by atoms with van der Waals surface area (Å²) < 4.78 is 6.44. The van der Waals surface area contributed by atoms with Crippen LogP contribution in [0.25, 0.3) is 0 Å². The molecule has 5 rings (SSSR count). The molecule has 2 heterocycles. The summed E-state index contributed by atoms with van der Waals surface area (Å²) in [6.45, 7) is 0.644. The summed E-state index contributed by atoms with van der Waals surface area (Å²) in [7, 11) is 1.59. The van der Waals surface area contributed by atoms with Crippen molar-refractivity contribution in [2.24, 2.45) is 0 Å². The quantitative estimate of drug-likeness (QED) is 0.440. The molecule has 0 fully saturated rings. The van der Waals surface area contributed by atoms with E-state index in [0.29, 0.717) is 30.1 Å². The van der Waals surface area contributed by atoms with Crippen molar-refractivity contribution < 1.29 is 9.53 Å². The van der Waals surface area contributed by atoms with Crippen molar-refractivity contribution in [2.45, 2.75) is 16.2 Å². The Bertz CT molecular complexity index is 1190. The largest absolute Gasteiger partial charge is 0.497 e. The van der Waals surface area contributed by atoms with Gasteiger partial charge in [-0.15, -0.1) is 5.10 Å². The zero-order chi connectivity index (χ0) is 21.2. The number of fused-ring (bicyclic) bond motifs is 2. The lowest BCUT2D eigenvalue weighted by molar-refractivity contribution is 0.0939. The summed E-state index contributed by atoms with van der Waals surface area (Å²) in [6, 6.07) is 23.6. The highest BCUT2D eigenvalue weighted by Crippen LogP contribution is 2.47. The van der Waals surface area contributed by atoms with Crippen molar-refractivity contribution in [1.82, 2.24) is 20.2 Å². The lowest BCUT2D eigenvalue weighted by Gasteiger charge is -2.32. The van der Waals surface area contributed by atoms with Gasteiger partial charge in [-0.05, 0) is 59.0 Å². The Labute approximate surface area is 183 Å². The van der Waals surface area contributed by atoms with Crippen molar-refractivity contribution in [1.29, 1.82) is 0 Å². The monoisotopic (exact) mass is 429 g/mol. The third kappa shape index (κ3) is 3.66. The predicted molar refractivity (Wildman–Crippen MR) is 118 cm³/mol. The zero-order valence-electron chi connectivity index (χ0n) is 16.8. The average molecular weight is 430 g/mol. The van der Waals surface area contributed by atoms with E-state index in [4.69, 9.17) is 4.74 Å². The van der Waals surface area contributed by atoms with Crippen LogP contribution >= 0.6 is 11.8 Å². The molecule has 0 unspecified atom stereocenters. The third-order valence-corrected chi connectivity index (χ3v) is 6.28. The number of anilines is 2. The Balaban J connectivity index is 1.41. The zero-order valence-corrected chi connectivity index (χ0v) is 17.6. The highest BCUT2D eigenvalue weighted by atomic mass is 32.2. The van der Waals surface area contributed by atoms with Gasteiger partial charge in [-0.25, -0.2) is 0 Å². The Hall–Kier alpha value is -3.65. The van der Waals surface area contributed by atoms with Crippen LogP contribution < -0.4 is 9.64 Å². The molecule has 0 N–H and O–H groups in total. The molecule has 0 radical (unpaired) electrons. The molecule has 0 aliphatic carbocycles. The topological polar surface area (TPSA) is 73.1 Å². The second kappa shape index (κ2) is 8.23. The van der Waals surface area contributed by atoms with Crippen LogP contribution in [0.1, 0.15) is 16.2 Å². The van der Waals surface area contributed by atoms with Gasteiger partial charge in [0.25, 0.3) is 5.91 Å². The second-order valence-electron chi connectivity index (χ2n) is 6.98. The van der Waals surface area contributed by atoms with Gasteiger partial charge in [-0.3, -0.25) is 4.79 Å². The SMILES string of the molecule is COc1ccc(C(=O)n2nnnc2CCN2c3ccccc3Sc3ccccc32)cc1. The average Bonchev–Trinajstić information content (AvgIpc) is 3.30. The smallest absolute Gasteiger partial charge is 0.281 e. The van der Waals surface area contributed by atoms with E-state index in [9.17, 15) is 4.79 Å². The van der Waals surface area contributed by atoms with Crippen molar-refractivity contribution >= 4 is 29.0 Å². The fourth-order valence-electron chi connectivity index (χ4n) is 3.61. The molecule has 1 aromatic heterocycles. The second-order valence-corrected chi connectivity index (χ2v) is 8.06. The van der Waals surface area contributed by atoms with Crippen LogP contribution in [-0.2, 0) is 6.42 Å². The van der Waals surface area contributed by atoms with Crippen LogP contribution in [0.5, 0.6) is 5.75 Å². The van der Waals surface area contributed by atoms with Gasteiger partial charge in [-0.2, -0.15) is 4.68 Å². The van der Waals surface area contributed by atoms with Crippen LogP contribution in [0.15, 0.2) is 82.6 Å². The molecule has 1 aliphatic heterocycles. The number of benzene rings is 3. The maximum atomic E-state index is 12.9. The first-order valence-corrected chi connectivity index (χ1v) is 10.7. The molecule has 4 aromatic rings. The van der Waals surface area contributed by atoms with Gasteiger partial charge in [0.05, 0.1) is 18.5 Å². The number of rotatable bonds is 5. The molecular weight excluding hydrogens is 410 g/mol. The molecule has 0 spiro atoms. The van der Waals surface area contributed by atoms with Crippen molar-refractivity contribution in [3.05, 3.63) is 84.2 Å². The number of tetrazole rings is 1. The van der Waals surface area contributed by atoms with Gasteiger partial charge in [0.15, 0.2) is 5.82 Å². The molecule has 154 valence electrons. The van der Waals surface area contributed by atoms with Crippen LogP contribution in [0.3, 0.4) is 0 Å². The first-order chi connectivity index (χ1) is 15.2. The van der Waals surface area contributed by atoms with Crippen LogP contribution in [0.2, 0.25) is 0 Å². The van der Waals surface area contributed by atoms with E-state index in [1.165, 1.54) is 14.5 Å². The summed E-state index contributed by atoms with van der Waals surface area (Å²) in [5.41, 5.74) is 2.79. The standard InChI is InChI=1S/C23H19N5O2S/c1-30-17-12-10-16(11-13-17)23(29)28-22(24-25-26-28)14-15-27-18-6-2-4-8-20(18)31-21-9-5-3-7-19(21)27/h2-13H,14-15H2,1H3. The molecular formula is C23H19N5O2S. The molecule has 31 heavy (non-hydrogen) atoms. The number of hydrogen-bond acceptors (Lipinski definition) is 7. The molecule has 0 saturated carbocycles. The number of methoxy groups -OCH3 is 1. The fraction of sp³-hybridized carbons (Fsp3) is 0.130. The van der Waals surface area contributed by atoms with Crippen molar-refractivity contribution in [2.75, 3.05) is 18.6 Å². The molecule has 0 atom stereocenters. The summed E-state index contributed by atoms with van der Waals surface area (Å²) in [5, 5.41) is 11.8. The van der Waals surface area contributed by atoms with E-state index in [-0.39, 0.29) is 5.91 Å². The van der Waals surface area contributed by atoms with Crippen LogP contribution in [0.4, 0.5) is 11.4 Å². The molecule has 0 bridgehead atoms. The number of hydrogen-bond donors (Lipinski definition) is 0. The van der Waals surface area contributed by atoms with E-state index in [2.05, 4.69) is 44.7 Å². The molecule has 8 heteroatoms. The van der Waals surface area contributed by atoms with E-state index in [0.717, 1.165) is 11.4 Å². The minimum absolute atomic E-state index is 0.266. The van der Waals surface area contributed by atoms with Crippen molar-refractivity contribution in [3.8, 4) is 5.75 Å². The minimum Gasteiger partial charge on any atom is -0.497 e. The van der Waals surface area contributed by atoms with Gasteiger partial charge in [0.1, 0.15) is 5.75 Å². The molecule has 0 saturated heterocycles. The molecule has 7 nitrogen and oxygen atoms in total. The van der Waals surface area contributed by atoms with Gasteiger partial charge >= 0.3 is 0 Å². The predicted octanol–water partition coefficient (Wildman–Crippen LogP) is 4.22. The van der Waals surface area contributed by atoms with E-state index >= 15 is 0 Å². The Morgan fingerprint density at radius 1 is 0.935 bits per heavy atom. The van der Waals surface area contributed by atoms with Gasteiger partial charge in [-0.1, -0.05) is 36.0 Å². The van der Waals surface area contributed by atoms with Gasteiger partial charge < -0.3 is 9.64 Å². The summed E-state index contributed by atoms with van der Waals surface area (Å²) in [4.78, 5) is 17.6. The Morgan fingerprint density at radius 2 is 1.58 bits per heavy atom. The molecule has 1 aliphatic rings. The normalized spacial score (nSPS) is 12.2. The number of aromatic nitrogens is 4. The van der Waals surface area contributed by atoms with E-state index in [1.54, 1.807) is 43.1 Å². The summed E-state index contributed by atoms with van der Waals surface area (Å²) >= 11 is 1.77. The maximum Gasteiger partial charge on any atom is 0.281 e. The lowest BCUT2D eigenvalue weighted by atomic mass is 10.2. The highest BCUT2D eigenvalue weighted by Gasteiger charge is 2.24. The van der Waals surface area contributed by atoms with Crippen molar-refractivity contribution in [3.63, 3.8) is 0 Å². The van der Waals surface area contributed by atoms with E-state index in [1.807, 2.05) is 24.3 Å². The fourth-order valence-corrected chi connectivity index (χ4v) is 4.70. The Morgan fingerprint density at radius 3 is 2.23 bits per heavy atom. The third-order valence-electron chi connectivity index (χ3n) is 5.15. The van der Waals surface area contributed by atoms with Gasteiger partial charge in [0, 0.05) is 28.3 Å².